The number of Topliss-reactive ketones (excluding diaryl/α,β-unsaturated/α-hetero) is 1. The predicted octanol–water partition coefficient (Wildman–Crippen LogP) is 0.969. The van der Waals surface area contributed by atoms with E-state index in [4.69, 9.17) is 14.2 Å². The van der Waals surface area contributed by atoms with Gasteiger partial charge in [0, 0.05) is 7.11 Å². The Kier molecular flexibility index (Phi) is 7.98. The van der Waals surface area contributed by atoms with Crippen molar-refractivity contribution in [2.45, 2.75) is 33.8 Å². The Morgan fingerprint density at radius 3 is 1.63 bits per heavy atom. The summed E-state index contributed by atoms with van der Waals surface area (Å²) in [5.74, 6) is -4.16. The Balaban J connectivity index is 5.16. The normalized spacial score (nSPS) is 12.4. The molecule has 0 heterocycles. The smallest absolute Gasteiger partial charge is 0.328 e. The van der Waals surface area contributed by atoms with Gasteiger partial charge in [0.05, 0.1) is 13.2 Å². The summed E-state index contributed by atoms with van der Waals surface area (Å²) in [6.45, 7) is 6.89. The number of carbonyl (C=O) groups is 3. The van der Waals surface area contributed by atoms with Gasteiger partial charge in [0.1, 0.15) is 6.10 Å². The molecular formula is C13H22O6. The highest BCUT2D eigenvalue weighted by molar-refractivity contribution is 6.16. The van der Waals surface area contributed by atoms with E-state index in [0.717, 1.165) is 0 Å². The van der Waals surface area contributed by atoms with Gasteiger partial charge in [-0.15, -0.1) is 0 Å². The molecule has 0 amide bonds. The van der Waals surface area contributed by atoms with Crippen molar-refractivity contribution in [3.05, 3.63) is 0 Å². The van der Waals surface area contributed by atoms with Gasteiger partial charge < -0.3 is 14.2 Å². The van der Waals surface area contributed by atoms with Crippen molar-refractivity contribution in [3.63, 3.8) is 0 Å². The molecule has 0 aromatic rings. The molecule has 0 saturated heterocycles. The van der Waals surface area contributed by atoms with Crippen LogP contribution in [0.15, 0.2) is 0 Å². The lowest BCUT2D eigenvalue weighted by molar-refractivity contribution is -0.167. The van der Waals surface area contributed by atoms with Gasteiger partial charge in [0.15, 0.2) is 5.78 Å². The summed E-state index contributed by atoms with van der Waals surface area (Å²) in [6, 6.07) is 0. The minimum Gasteiger partial charge on any atom is -0.465 e. The molecule has 1 unspecified atom stereocenters. The van der Waals surface area contributed by atoms with Gasteiger partial charge in [-0.3, -0.25) is 14.4 Å². The zero-order valence-corrected chi connectivity index (χ0v) is 12.1. The van der Waals surface area contributed by atoms with Crippen LogP contribution < -0.4 is 0 Å². The van der Waals surface area contributed by atoms with E-state index in [0.29, 0.717) is 0 Å². The molecule has 0 bridgehead atoms. The molecule has 0 N–H and O–H groups in total. The number of rotatable bonds is 8. The second-order valence-corrected chi connectivity index (χ2v) is 4.24. The third-order valence-electron chi connectivity index (χ3n) is 2.47. The minimum absolute atomic E-state index is 0.0847. The lowest BCUT2D eigenvalue weighted by Gasteiger charge is -2.21. The topological polar surface area (TPSA) is 78.9 Å². The molecule has 1 atom stereocenters. The van der Waals surface area contributed by atoms with Crippen molar-refractivity contribution in [1.82, 2.24) is 0 Å². The van der Waals surface area contributed by atoms with Crippen LogP contribution in [-0.4, -0.2) is 44.1 Å². The van der Waals surface area contributed by atoms with Crippen LogP contribution in [0.1, 0.15) is 27.7 Å². The molecule has 0 spiro atoms. The second-order valence-electron chi connectivity index (χ2n) is 4.24. The molecule has 0 aromatic carbocycles. The van der Waals surface area contributed by atoms with Crippen molar-refractivity contribution in [1.29, 1.82) is 0 Å². The zero-order chi connectivity index (χ0) is 15.0. The Hall–Kier alpha value is -1.43. The zero-order valence-electron chi connectivity index (χ0n) is 12.1. The van der Waals surface area contributed by atoms with Gasteiger partial charge in [-0.05, 0) is 19.8 Å². The Bertz CT molecular complexity index is 305. The number of methoxy groups -OCH3 is 1. The SMILES string of the molecule is CCOC(=O)C(C(=O)OCC)C(=O)C(OC)C(C)C. The van der Waals surface area contributed by atoms with Crippen molar-refractivity contribution in [2.24, 2.45) is 11.8 Å². The quantitative estimate of drug-likeness (QED) is 0.484. The van der Waals surface area contributed by atoms with Crippen molar-refractivity contribution < 1.29 is 28.6 Å². The van der Waals surface area contributed by atoms with Crippen LogP contribution in [0.4, 0.5) is 0 Å². The van der Waals surface area contributed by atoms with E-state index < -0.39 is 29.7 Å². The summed E-state index contributed by atoms with van der Waals surface area (Å²) < 4.78 is 14.5. The van der Waals surface area contributed by atoms with Crippen LogP contribution in [0.2, 0.25) is 0 Å². The van der Waals surface area contributed by atoms with Crippen molar-refractivity contribution >= 4 is 17.7 Å². The summed E-state index contributed by atoms with van der Waals surface area (Å²) in [7, 11) is 1.36. The number of hydrogen-bond acceptors (Lipinski definition) is 6. The maximum Gasteiger partial charge on any atom is 0.328 e. The first-order chi connectivity index (χ1) is 8.90. The molecule has 0 fully saturated rings. The lowest BCUT2D eigenvalue weighted by Crippen LogP contribution is -2.43. The number of ether oxygens (including phenoxy) is 3. The summed E-state index contributed by atoms with van der Waals surface area (Å²) >= 11 is 0. The Labute approximate surface area is 113 Å². The summed E-state index contributed by atoms with van der Waals surface area (Å²) in [5.41, 5.74) is 0. The van der Waals surface area contributed by atoms with Crippen LogP contribution in [0, 0.1) is 11.8 Å². The van der Waals surface area contributed by atoms with Gasteiger partial charge in [0.2, 0.25) is 5.92 Å². The minimum atomic E-state index is -1.58. The van der Waals surface area contributed by atoms with E-state index in [-0.39, 0.29) is 19.1 Å². The first-order valence-electron chi connectivity index (χ1n) is 6.30. The summed E-state index contributed by atoms with van der Waals surface area (Å²) in [5, 5.41) is 0. The lowest BCUT2D eigenvalue weighted by atomic mass is 9.93. The van der Waals surface area contributed by atoms with E-state index in [1.165, 1.54) is 7.11 Å². The monoisotopic (exact) mass is 274 g/mol. The molecule has 0 aliphatic rings. The van der Waals surface area contributed by atoms with E-state index in [9.17, 15) is 14.4 Å². The first-order valence-corrected chi connectivity index (χ1v) is 6.30. The molecule has 6 nitrogen and oxygen atoms in total. The fourth-order valence-electron chi connectivity index (χ4n) is 1.66. The number of ketones is 1. The second kappa shape index (κ2) is 8.63. The predicted molar refractivity (Wildman–Crippen MR) is 67.4 cm³/mol. The van der Waals surface area contributed by atoms with E-state index in [1.807, 2.05) is 0 Å². The van der Waals surface area contributed by atoms with Crippen LogP contribution in [0.3, 0.4) is 0 Å². The van der Waals surface area contributed by atoms with Crippen LogP contribution in [0.25, 0.3) is 0 Å². The summed E-state index contributed by atoms with van der Waals surface area (Å²) in [6.07, 6.45) is -0.848. The highest BCUT2D eigenvalue weighted by atomic mass is 16.6. The highest BCUT2D eigenvalue weighted by Crippen LogP contribution is 2.15. The maximum atomic E-state index is 12.2. The molecule has 19 heavy (non-hydrogen) atoms. The molecule has 0 saturated carbocycles. The Morgan fingerprint density at radius 1 is 0.947 bits per heavy atom. The van der Waals surface area contributed by atoms with Gasteiger partial charge in [-0.1, -0.05) is 13.8 Å². The van der Waals surface area contributed by atoms with Gasteiger partial charge in [-0.25, -0.2) is 0 Å². The van der Waals surface area contributed by atoms with E-state index in [1.54, 1.807) is 27.7 Å². The fourth-order valence-corrected chi connectivity index (χ4v) is 1.66. The fraction of sp³-hybridized carbons (Fsp3) is 0.769. The van der Waals surface area contributed by atoms with Gasteiger partial charge >= 0.3 is 11.9 Å². The highest BCUT2D eigenvalue weighted by Gasteiger charge is 2.41. The largest absolute Gasteiger partial charge is 0.465 e. The third-order valence-corrected chi connectivity index (χ3v) is 2.47. The average Bonchev–Trinajstić information content (AvgIpc) is 2.30. The van der Waals surface area contributed by atoms with Crippen LogP contribution in [-0.2, 0) is 28.6 Å². The molecular weight excluding hydrogens is 252 g/mol. The van der Waals surface area contributed by atoms with Gasteiger partial charge in [0.25, 0.3) is 0 Å². The third kappa shape index (κ3) is 4.98. The number of esters is 2. The summed E-state index contributed by atoms with van der Waals surface area (Å²) in [4.78, 5) is 35.7. The molecule has 0 aliphatic heterocycles. The van der Waals surface area contributed by atoms with E-state index >= 15 is 0 Å². The number of carbonyl (C=O) groups excluding carboxylic acids is 3. The molecule has 6 heteroatoms. The standard InChI is InChI=1S/C13H22O6/c1-6-18-12(15)9(13(16)19-7-2)10(14)11(17-5)8(3)4/h8-9,11H,6-7H2,1-5H3. The molecule has 0 aliphatic carbocycles. The molecule has 0 rings (SSSR count). The molecule has 0 aromatic heterocycles. The van der Waals surface area contributed by atoms with Crippen molar-refractivity contribution in [2.75, 3.05) is 20.3 Å². The van der Waals surface area contributed by atoms with Gasteiger partial charge in [-0.2, -0.15) is 0 Å². The number of hydrogen-bond donors (Lipinski definition) is 0. The van der Waals surface area contributed by atoms with Crippen LogP contribution >= 0.6 is 0 Å². The van der Waals surface area contributed by atoms with Crippen molar-refractivity contribution in [3.8, 4) is 0 Å². The molecule has 0 radical (unpaired) electrons. The Morgan fingerprint density at radius 2 is 1.37 bits per heavy atom. The average molecular weight is 274 g/mol. The molecule has 110 valence electrons. The van der Waals surface area contributed by atoms with Crippen LogP contribution in [0.5, 0.6) is 0 Å². The first kappa shape index (κ1) is 17.6. The van der Waals surface area contributed by atoms with E-state index in [2.05, 4.69) is 0 Å². The maximum absolute atomic E-state index is 12.2.